The number of allylic oxidation sites excluding steroid dienone is 2. The average Bonchev–Trinajstić information content (AvgIpc) is 2.68. The summed E-state index contributed by atoms with van der Waals surface area (Å²) in [7, 11) is 1.63. The van der Waals surface area contributed by atoms with Crippen LogP contribution in [0.25, 0.3) is 0 Å². The van der Waals surface area contributed by atoms with Crippen molar-refractivity contribution < 1.29 is 14.3 Å². The lowest BCUT2D eigenvalue weighted by Gasteiger charge is -2.39. The zero-order chi connectivity index (χ0) is 19.8. The van der Waals surface area contributed by atoms with Crippen LogP contribution in [0.3, 0.4) is 0 Å². The Kier molecular flexibility index (Phi) is 4.80. The van der Waals surface area contributed by atoms with Crippen molar-refractivity contribution in [2.24, 2.45) is 0 Å². The first-order chi connectivity index (χ1) is 13.5. The molecule has 1 amide bonds. The first-order valence-corrected chi connectivity index (χ1v) is 9.80. The summed E-state index contributed by atoms with van der Waals surface area (Å²) in [6.07, 6.45) is 2.34. The second kappa shape index (κ2) is 7.27. The van der Waals surface area contributed by atoms with Gasteiger partial charge in [0.15, 0.2) is 5.78 Å². The molecule has 1 aliphatic heterocycles. The fourth-order valence-corrected chi connectivity index (χ4v) is 4.55. The molecule has 0 radical (unpaired) electrons. The molecule has 0 spiro atoms. The number of Topliss-reactive ketones (excluding diaryl/α,β-unsaturated/α-hetero) is 1. The van der Waals surface area contributed by atoms with Crippen molar-refractivity contribution in [1.29, 1.82) is 0 Å². The summed E-state index contributed by atoms with van der Waals surface area (Å²) in [6.45, 7) is 4.06. The van der Waals surface area contributed by atoms with Gasteiger partial charge in [-0.05, 0) is 44.4 Å². The van der Waals surface area contributed by atoms with Gasteiger partial charge in [0, 0.05) is 35.6 Å². The molecule has 0 N–H and O–H groups in total. The van der Waals surface area contributed by atoms with Crippen LogP contribution in [0.4, 0.5) is 5.69 Å². The molecule has 1 unspecified atom stereocenters. The summed E-state index contributed by atoms with van der Waals surface area (Å²) in [6, 6.07) is 13.8. The van der Waals surface area contributed by atoms with Crippen molar-refractivity contribution in [3.05, 3.63) is 70.4 Å². The third-order valence-electron chi connectivity index (χ3n) is 5.78. The van der Waals surface area contributed by atoms with Crippen molar-refractivity contribution in [3.63, 3.8) is 0 Å². The highest BCUT2D eigenvalue weighted by Gasteiger charge is 2.40. The molecule has 2 aliphatic rings. The number of carbonyl (C=O) groups excluding carboxylic acids is 2. The molecular weight excluding hydrogens is 350 g/mol. The molecule has 0 fully saturated rings. The van der Waals surface area contributed by atoms with E-state index in [-0.39, 0.29) is 24.0 Å². The first kappa shape index (κ1) is 18.5. The van der Waals surface area contributed by atoms with E-state index in [9.17, 15) is 9.59 Å². The standard InChI is InChI=1S/C24H25NO3/c1-15-11-12-19(16(2)13-15)25-20-8-6-9-21(26)24(20)18(14-23(25)27)17-7-4-5-10-22(17)28-3/h4-5,7,10-13,18H,6,8-9,14H2,1-3H3. The van der Waals surface area contributed by atoms with Crippen LogP contribution in [0.1, 0.15) is 48.3 Å². The van der Waals surface area contributed by atoms with Gasteiger partial charge in [0.05, 0.1) is 12.8 Å². The van der Waals surface area contributed by atoms with Crippen LogP contribution in [0.2, 0.25) is 0 Å². The number of rotatable bonds is 3. The molecule has 1 heterocycles. The van der Waals surface area contributed by atoms with E-state index in [0.29, 0.717) is 6.42 Å². The minimum Gasteiger partial charge on any atom is -0.496 e. The normalized spacial score (nSPS) is 19.7. The van der Waals surface area contributed by atoms with Crippen LogP contribution < -0.4 is 9.64 Å². The number of carbonyl (C=O) groups is 2. The SMILES string of the molecule is COc1ccccc1C1CC(=O)N(c2ccc(C)cc2C)C2=C1C(=O)CCC2. The molecule has 0 bridgehead atoms. The number of ketones is 1. The minimum atomic E-state index is -0.242. The Morgan fingerprint density at radius 1 is 1.04 bits per heavy atom. The number of hydrogen-bond donors (Lipinski definition) is 0. The van der Waals surface area contributed by atoms with Gasteiger partial charge in [-0.3, -0.25) is 14.5 Å². The Hall–Kier alpha value is -2.88. The zero-order valence-corrected chi connectivity index (χ0v) is 16.6. The monoisotopic (exact) mass is 375 g/mol. The molecule has 0 saturated heterocycles. The number of benzene rings is 2. The maximum Gasteiger partial charge on any atom is 0.232 e. The predicted molar refractivity (Wildman–Crippen MR) is 110 cm³/mol. The van der Waals surface area contributed by atoms with Crippen LogP contribution in [0.5, 0.6) is 5.75 Å². The molecule has 2 aromatic rings. The molecule has 144 valence electrons. The lowest BCUT2D eigenvalue weighted by atomic mass is 9.76. The van der Waals surface area contributed by atoms with Gasteiger partial charge in [-0.1, -0.05) is 35.9 Å². The van der Waals surface area contributed by atoms with Gasteiger partial charge in [0.1, 0.15) is 5.75 Å². The Bertz CT molecular complexity index is 989. The number of anilines is 1. The van der Waals surface area contributed by atoms with Gasteiger partial charge >= 0.3 is 0 Å². The number of aryl methyl sites for hydroxylation is 2. The summed E-state index contributed by atoms with van der Waals surface area (Å²) < 4.78 is 5.53. The molecule has 1 aliphatic carbocycles. The van der Waals surface area contributed by atoms with Crippen LogP contribution in [-0.2, 0) is 9.59 Å². The molecule has 1 atom stereocenters. The molecule has 0 saturated carbocycles. The smallest absolute Gasteiger partial charge is 0.232 e. The van der Waals surface area contributed by atoms with E-state index in [0.717, 1.165) is 52.2 Å². The lowest BCUT2D eigenvalue weighted by molar-refractivity contribution is -0.119. The molecule has 2 aromatic carbocycles. The maximum atomic E-state index is 13.3. The van der Waals surface area contributed by atoms with Crippen molar-refractivity contribution in [3.8, 4) is 5.75 Å². The molecular formula is C24H25NO3. The number of nitrogens with zero attached hydrogens (tertiary/aromatic N) is 1. The third kappa shape index (κ3) is 3.03. The Labute approximate surface area is 165 Å². The van der Waals surface area contributed by atoms with Gasteiger partial charge in [0.2, 0.25) is 5.91 Å². The molecule has 4 heteroatoms. The van der Waals surface area contributed by atoms with E-state index in [1.54, 1.807) is 12.0 Å². The van der Waals surface area contributed by atoms with Gasteiger partial charge in [0.25, 0.3) is 0 Å². The van der Waals surface area contributed by atoms with Gasteiger partial charge in [-0.25, -0.2) is 0 Å². The summed E-state index contributed by atoms with van der Waals surface area (Å²) in [5, 5.41) is 0. The average molecular weight is 375 g/mol. The Morgan fingerprint density at radius 2 is 1.82 bits per heavy atom. The summed E-state index contributed by atoms with van der Waals surface area (Å²) in [5.74, 6) is 0.676. The fourth-order valence-electron chi connectivity index (χ4n) is 4.55. The van der Waals surface area contributed by atoms with E-state index in [1.807, 2.05) is 50.2 Å². The van der Waals surface area contributed by atoms with Crippen LogP contribution in [-0.4, -0.2) is 18.8 Å². The molecule has 0 aromatic heterocycles. The minimum absolute atomic E-state index is 0.0382. The van der Waals surface area contributed by atoms with Crippen LogP contribution in [0.15, 0.2) is 53.7 Å². The summed E-state index contributed by atoms with van der Waals surface area (Å²) >= 11 is 0. The van der Waals surface area contributed by atoms with Crippen molar-refractivity contribution in [1.82, 2.24) is 0 Å². The molecule has 4 nitrogen and oxygen atoms in total. The number of amides is 1. The fraction of sp³-hybridized carbons (Fsp3) is 0.333. The van der Waals surface area contributed by atoms with Gasteiger partial charge in [-0.2, -0.15) is 0 Å². The van der Waals surface area contributed by atoms with Crippen molar-refractivity contribution >= 4 is 17.4 Å². The molecule has 28 heavy (non-hydrogen) atoms. The zero-order valence-electron chi connectivity index (χ0n) is 16.6. The second-order valence-corrected chi connectivity index (χ2v) is 7.65. The van der Waals surface area contributed by atoms with Gasteiger partial charge < -0.3 is 4.74 Å². The van der Waals surface area contributed by atoms with E-state index < -0.39 is 0 Å². The maximum absolute atomic E-state index is 13.3. The summed E-state index contributed by atoms with van der Waals surface area (Å²) in [4.78, 5) is 28.1. The third-order valence-corrected chi connectivity index (χ3v) is 5.78. The predicted octanol–water partition coefficient (Wildman–Crippen LogP) is 4.84. The Balaban J connectivity index is 1.90. The lowest BCUT2D eigenvalue weighted by Crippen LogP contribution is -2.41. The van der Waals surface area contributed by atoms with Crippen molar-refractivity contribution in [2.45, 2.75) is 45.4 Å². The van der Waals surface area contributed by atoms with Gasteiger partial charge in [-0.15, -0.1) is 0 Å². The topological polar surface area (TPSA) is 46.6 Å². The van der Waals surface area contributed by atoms with Crippen LogP contribution >= 0.6 is 0 Å². The van der Waals surface area contributed by atoms with E-state index >= 15 is 0 Å². The summed E-state index contributed by atoms with van der Waals surface area (Å²) in [5.41, 5.74) is 5.67. The van der Waals surface area contributed by atoms with E-state index in [2.05, 4.69) is 6.07 Å². The highest BCUT2D eigenvalue weighted by atomic mass is 16.5. The number of hydrogen-bond acceptors (Lipinski definition) is 3. The highest BCUT2D eigenvalue weighted by molar-refractivity contribution is 6.07. The quantitative estimate of drug-likeness (QED) is 0.771. The molecule has 4 rings (SSSR count). The largest absolute Gasteiger partial charge is 0.496 e. The first-order valence-electron chi connectivity index (χ1n) is 9.80. The number of ether oxygens (including phenoxy) is 1. The van der Waals surface area contributed by atoms with E-state index in [1.165, 1.54) is 0 Å². The van der Waals surface area contributed by atoms with Crippen LogP contribution in [0, 0.1) is 13.8 Å². The number of para-hydroxylation sites is 1. The number of methoxy groups -OCH3 is 1. The Morgan fingerprint density at radius 3 is 2.57 bits per heavy atom. The second-order valence-electron chi connectivity index (χ2n) is 7.65. The van der Waals surface area contributed by atoms with Crippen molar-refractivity contribution in [2.75, 3.05) is 12.0 Å². The highest BCUT2D eigenvalue weighted by Crippen LogP contribution is 2.45. The van der Waals surface area contributed by atoms with E-state index in [4.69, 9.17) is 4.74 Å².